The number of sulfonamides is 1. The molecular formula is C20H25N3O3S. The van der Waals surface area contributed by atoms with Gasteiger partial charge in [0.25, 0.3) is 0 Å². The van der Waals surface area contributed by atoms with Crippen LogP contribution in [0.2, 0.25) is 0 Å². The predicted molar refractivity (Wildman–Crippen MR) is 107 cm³/mol. The van der Waals surface area contributed by atoms with Crippen molar-refractivity contribution in [2.45, 2.75) is 31.6 Å². The molecule has 2 N–H and O–H groups in total. The Morgan fingerprint density at radius 1 is 1.07 bits per heavy atom. The fraction of sp³-hybridized carbons (Fsp3) is 0.350. The van der Waals surface area contributed by atoms with Crippen molar-refractivity contribution < 1.29 is 13.2 Å². The minimum Gasteiger partial charge on any atom is -0.308 e. The number of aryl methyl sites for hydroxylation is 1. The van der Waals surface area contributed by atoms with Gasteiger partial charge in [0.2, 0.25) is 10.0 Å². The molecule has 1 aliphatic heterocycles. The molecule has 0 spiro atoms. The largest absolute Gasteiger partial charge is 0.323 e. The molecule has 1 saturated heterocycles. The van der Waals surface area contributed by atoms with Gasteiger partial charge in [-0.05, 0) is 61.6 Å². The molecule has 2 amide bonds. The molecule has 1 atom stereocenters. The third-order valence-electron chi connectivity index (χ3n) is 4.76. The Labute approximate surface area is 160 Å². The molecule has 0 bridgehead atoms. The van der Waals surface area contributed by atoms with Crippen LogP contribution in [0.25, 0.3) is 0 Å². The van der Waals surface area contributed by atoms with Crippen molar-refractivity contribution in [2.24, 2.45) is 5.92 Å². The molecule has 144 valence electrons. The summed E-state index contributed by atoms with van der Waals surface area (Å²) in [5, 5.41) is 5.51. The molecule has 7 heteroatoms. The average Bonchev–Trinajstić information content (AvgIpc) is 2.64. The number of benzene rings is 2. The van der Waals surface area contributed by atoms with Crippen LogP contribution in [0.5, 0.6) is 0 Å². The van der Waals surface area contributed by atoms with E-state index in [4.69, 9.17) is 0 Å². The Balaban J connectivity index is 1.66. The van der Waals surface area contributed by atoms with E-state index in [0.717, 1.165) is 24.1 Å². The molecule has 1 aliphatic rings. The van der Waals surface area contributed by atoms with Crippen LogP contribution in [0.1, 0.15) is 25.3 Å². The molecule has 0 radical (unpaired) electrons. The summed E-state index contributed by atoms with van der Waals surface area (Å²) >= 11 is 0. The van der Waals surface area contributed by atoms with Crippen LogP contribution in [0, 0.1) is 12.8 Å². The highest BCUT2D eigenvalue weighted by molar-refractivity contribution is 7.89. The fourth-order valence-electron chi connectivity index (χ4n) is 3.22. The first kappa shape index (κ1) is 19.4. The van der Waals surface area contributed by atoms with Gasteiger partial charge in [-0.15, -0.1) is 0 Å². The zero-order valence-corrected chi connectivity index (χ0v) is 16.4. The van der Waals surface area contributed by atoms with Crippen molar-refractivity contribution >= 4 is 27.4 Å². The van der Waals surface area contributed by atoms with Gasteiger partial charge < -0.3 is 10.6 Å². The normalized spacial score (nSPS) is 18.1. The van der Waals surface area contributed by atoms with Crippen molar-refractivity contribution in [3.8, 4) is 0 Å². The Morgan fingerprint density at radius 2 is 1.78 bits per heavy atom. The number of rotatable bonds is 4. The van der Waals surface area contributed by atoms with E-state index in [2.05, 4.69) is 17.6 Å². The van der Waals surface area contributed by atoms with E-state index in [1.165, 1.54) is 12.1 Å². The summed E-state index contributed by atoms with van der Waals surface area (Å²) in [7, 11) is -3.49. The van der Waals surface area contributed by atoms with Crippen molar-refractivity contribution in [3.05, 3.63) is 54.1 Å². The molecule has 0 unspecified atom stereocenters. The zero-order chi connectivity index (χ0) is 19.4. The van der Waals surface area contributed by atoms with Crippen molar-refractivity contribution in [2.75, 3.05) is 23.7 Å². The van der Waals surface area contributed by atoms with Crippen LogP contribution in [0.4, 0.5) is 16.2 Å². The molecule has 2 aromatic carbocycles. The Kier molecular flexibility index (Phi) is 5.82. The van der Waals surface area contributed by atoms with Gasteiger partial charge in [-0.3, -0.25) is 0 Å². The number of anilines is 2. The SMILES string of the molecule is Cc1ccccc1NC(=O)Nc1ccc(S(=O)(=O)N2CCC[C@@H](C)C2)cc1. The van der Waals surface area contributed by atoms with Crippen LogP contribution in [0.15, 0.2) is 53.4 Å². The van der Waals surface area contributed by atoms with Crippen LogP contribution < -0.4 is 10.6 Å². The third kappa shape index (κ3) is 4.67. The summed E-state index contributed by atoms with van der Waals surface area (Å²) in [5.41, 5.74) is 2.23. The minimum absolute atomic E-state index is 0.251. The van der Waals surface area contributed by atoms with E-state index < -0.39 is 10.0 Å². The van der Waals surface area contributed by atoms with E-state index in [0.29, 0.717) is 24.7 Å². The van der Waals surface area contributed by atoms with Crippen LogP contribution in [-0.2, 0) is 10.0 Å². The maximum atomic E-state index is 12.8. The van der Waals surface area contributed by atoms with Gasteiger partial charge >= 0.3 is 6.03 Å². The maximum Gasteiger partial charge on any atom is 0.323 e. The van der Waals surface area contributed by atoms with Gasteiger partial charge in [-0.1, -0.05) is 25.1 Å². The molecule has 1 heterocycles. The number of para-hydroxylation sites is 1. The third-order valence-corrected chi connectivity index (χ3v) is 6.64. The van der Waals surface area contributed by atoms with E-state index in [1.807, 2.05) is 31.2 Å². The van der Waals surface area contributed by atoms with Crippen molar-refractivity contribution in [1.29, 1.82) is 0 Å². The minimum atomic E-state index is -3.49. The smallest absolute Gasteiger partial charge is 0.308 e. The molecule has 0 saturated carbocycles. The number of hydrogen-bond donors (Lipinski definition) is 2. The van der Waals surface area contributed by atoms with Crippen molar-refractivity contribution in [1.82, 2.24) is 4.31 Å². The highest BCUT2D eigenvalue weighted by Crippen LogP contribution is 2.24. The maximum absolute atomic E-state index is 12.8. The second kappa shape index (κ2) is 8.10. The fourth-order valence-corrected chi connectivity index (χ4v) is 4.82. The summed E-state index contributed by atoms with van der Waals surface area (Å²) in [6.07, 6.45) is 1.95. The molecule has 27 heavy (non-hydrogen) atoms. The number of urea groups is 1. The molecule has 2 aromatic rings. The summed E-state index contributed by atoms with van der Waals surface area (Å²) in [6.45, 7) is 5.10. The summed E-state index contributed by atoms with van der Waals surface area (Å²) in [5.74, 6) is 0.375. The Morgan fingerprint density at radius 3 is 2.44 bits per heavy atom. The number of carbonyl (C=O) groups is 1. The second-order valence-electron chi connectivity index (χ2n) is 7.03. The van der Waals surface area contributed by atoms with Crippen LogP contribution in [-0.4, -0.2) is 31.8 Å². The molecule has 1 fully saturated rings. The van der Waals surface area contributed by atoms with Gasteiger partial charge in [0.15, 0.2) is 0 Å². The summed E-state index contributed by atoms with van der Waals surface area (Å²) in [6, 6.07) is 13.4. The average molecular weight is 388 g/mol. The highest BCUT2D eigenvalue weighted by atomic mass is 32.2. The standard InChI is InChI=1S/C20H25N3O3S/c1-15-6-5-13-23(14-15)27(25,26)18-11-9-17(10-12-18)21-20(24)22-19-8-4-3-7-16(19)2/h3-4,7-12,15H,5-6,13-14H2,1-2H3,(H2,21,22,24)/t15-/m1/s1. The van der Waals surface area contributed by atoms with Gasteiger partial charge in [0, 0.05) is 24.5 Å². The van der Waals surface area contributed by atoms with E-state index in [-0.39, 0.29) is 10.9 Å². The van der Waals surface area contributed by atoms with E-state index in [1.54, 1.807) is 16.4 Å². The first-order valence-electron chi connectivity index (χ1n) is 9.10. The predicted octanol–water partition coefficient (Wildman–Crippen LogP) is 4.06. The summed E-state index contributed by atoms with van der Waals surface area (Å²) < 4.78 is 27.1. The Hall–Kier alpha value is -2.38. The number of piperidine rings is 1. The zero-order valence-electron chi connectivity index (χ0n) is 15.6. The lowest BCUT2D eigenvalue weighted by Crippen LogP contribution is -2.39. The van der Waals surface area contributed by atoms with E-state index >= 15 is 0 Å². The van der Waals surface area contributed by atoms with E-state index in [9.17, 15) is 13.2 Å². The van der Waals surface area contributed by atoms with Crippen LogP contribution >= 0.6 is 0 Å². The van der Waals surface area contributed by atoms with Gasteiger partial charge in [-0.2, -0.15) is 4.31 Å². The van der Waals surface area contributed by atoms with Crippen LogP contribution in [0.3, 0.4) is 0 Å². The first-order chi connectivity index (χ1) is 12.9. The molecule has 0 aliphatic carbocycles. The first-order valence-corrected chi connectivity index (χ1v) is 10.5. The number of carbonyl (C=O) groups excluding carboxylic acids is 1. The highest BCUT2D eigenvalue weighted by Gasteiger charge is 2.28. The molecule has 3 rings (SSSR count). The second-order valence-corrected chi connectivity index (χ2v) is 8.97. The lowest BCUT2D eigenvalue weighted by Gasteiger charge is -2.30. The number of nitrogens with one attached hydrogen (secondary N) is 2. The number of amides is 2. The topological polar surface area (TPSA) is 78.5 Å². The Bertz CT molecular complexity index is 910. The van der Waals surface area contributed by atoms with Crippen molar-refractivity contribution in [3.63, 3.8) is 0 Å². The number of nitrogens with zero attached hydrogens (tertiary/aromatic N) is 1. The molecule has 0 aromatic heterocycles. The molecular weight excluding hydrogens is 362 g/mol. The quantitative estimate of drug-likeness (QED) is 0.830. The lowest BCUT2D eigenvalue weighted by atomic mass is 10.0. The van der Waals surface area contributed by atoms with Gasteiger partial charge in [0.05, 0.1) is 4.90 Å². The number of hydrogen-bond acceptors (Lipinski definition) is 3. The monoisotopic (exact) mass is 387 g/mol. The van der Waals surface area contributed by atoms with Gasteiger partial charge in [-0.25, -0.2) is 13.2 Å². The molecule has 6 nitrogen and oxygen atoms in total. The van der Waals surface area contributed by atoms with Gasteiger partial charge in [0.1, 0.15) is 0 Å². The lowest BCUT2D eigenvalue weighted by molar-refractivity contribution is 0.262. The summed E-state index contributed by atoms with van der Waals surface area (Å²) in [4.78, 5) is 12.4.